The second kappa shape index (κ2) is 7.48. The molecule has 1 aromatic rings. The van der Waals surface area contributed by atoms with Crippen LogP contribution in [0.3, 0.4) is 0 Å². The van der Waals surface area contributed by atoms with Gasteiger partial charge in [0.15, 0.2) is 0 Å². The maximum atomic E-state index is 13.6. The quantitative estimate of drug-likeness (QED) is 0.883. The van der Waals surface area contributed by atoms with Gasteiger partial charge in [-0.2, -0.15) is 5.26 Å². The fraction of sp³-hybridized carbons (Fsp3) is 0.556. The summed E-state index contributed by atoms with van der Waals surface area (Å²) in [5.74, 6) is -1.03. The standard InChI is InChI=1S/C18H22FN3O3/c19-16-8-14(10-20)7-15(9-16)17(23)22-5-6-25-13-18(24,12-22)11-21-3-1-2-4-21/h7-9,24H,1-6,11-13H2/t18-/m1/s1. The summed E-state index contributed by atoms with van der Waals surface area (Å²) in [7, 11) is 0. The Bertz CT molecular complexity index is 685. The van der Waals surface area contributed by atoms with Crippen LogP contribution in [0.15, 0.2) is 18.2 Å². The smallest absolute Gasteiger partial charge is 0.254 e. The summed E-state index contributed by atoms with van der Waals surface area (Å²) in [5, 5.41) is 19.9. The fourth-order valence-corrected chi connectivity index (χ4v) is 3.50. The first-order valence-corrected chi connectivity index (χ1v) is 8.52. The SMILES string of the molecule is N#Cc1cc(F)cc(C(=O)N2CCOC[C@@](O)(CN3CCCC3)C2)c1. The maximum Gasteiger partial charge on any atom is 0.254 e. The number of likely N-dealkylation sites (tertiary alicyclic amines) is 1. The van der Waals surface area contributed by atoms with E-state index in [0.717, 1.165) is 38.1 Å². The molecule has 1 N–H and O–H groups in total. The summed E-state index contributed by atoms with van der Waals surface area (Å²) in [6, 6.07) is 5.43. The lowest BCUT2D eigenvalue weighted by molar-refractivity contribution is -0.0524. The molecule has 3 rings (SSSR count). The van der Waals surface area contributed by atoms with Crippen LogP contribution in [-0.2, 0) is 4.74 Å². The molecule has 2 heterocycles. The van der Waals surface area contributed by atoms with Crippen LogP contribution < -0.4 is 0 Å². The van der Waals surface area contributed by atoms with E-state index in [4.69, 9.17) is 10.00 Å². The predicted molar refractivity (Wildman–Crippen MR) is 88.5 cm³/mol. The highest BCUT2D eigenvalue weighted by Crippen LogP contribution is 2.20. The minimum absolute atomic E-state index is 0.0988. The van der Waals surface area contributed by atoms with Gasteiger partial charge in [0.05, 0.1) is 31.4 Å². The number of nitriles is 1. The van der Waals surface area contributed by atoms with Gasteiger partial charge in [0.2, 0.25) is 0 Å². The molecular formula is C18H22FN3O3. The minimum Gasteiger partial charge on any atom is -0.384 e. The molecule has 25 heavy (non-hydrogen) atoms. The zero-order chi connectivity index (χ0) is 17.9. The highest BCUT2D eigenvalue weighted by atomic mass is 19.1. The van der Waals surface area contributed by atoms with Crippen molar-refractivity contribution < 1.29 is 19.0 Å². The van der Waals surface area contributed by atoms with E-state index in [-0.39, 0.29) is 24.3 Å². The van der Waals surface area contributed by atoms with E-state index in [9.17, 15) is 14.3 Å². The van der Waals surface area contributed by atoms with Crippen LogP contribution in [0.1, 0.15) is 28.8 Å². The topological polar surface area (TPSA) is 76.8 Å². The van der Waals surface area contributed by atoms with Crippen LogP contribution in [0, 0.1) is 17.1 Å². The van der Waals surface area contributed by atoms with Crippen molar-refractivity contribution in [3.8, 4) is 6.07 Å². The number of amides is 1. The van der Waals surface area contributed by atoms with Crippen LogP contribution in [-0.4, -0.2) is 72.4 Å². The van der Waals surface area contributed by atoms with Gasteiger partial charge in [-0.25, -0.2) is 4.39 Å². The summed E-state index contributed by atoms with van der Waals surface area (Å²) in [6.45, 7) is 3.25. The molecule has 0 aliphatic carbocycles. The Balaban J connectivity index is 1.77. The van der Waals surface area contributed by atoms with Crippen molar-refractivity contribution in [2.75, 3.05) is 45.9 Å². The average Bonchev–Trinajstić information content (AvgIpc) is 3.01. The summed E-state index contributed by atoms with van der Waals surface area (Å²) >= 11 is 0. The summed E-state index contributed by atoms with van der Waals surface area (Å²) in [5.41, 5.74) is -0.939. The van der Waals surface area contributed by atoms with Gasteiger partial charge in [-0.05, 0) is 44.1 Å². The Hall–Kier alpha value is -2.01. The fourth-order valence-electron chi connectivity index (χ4n) is 3.50. The predicted octanol–water partition coefficient (Wildman–Crippen LogP) is 0.997. The molecule has 0 radical (unpaired) electrons. The van der Waals surface area contributed by atoms with Crippen molar-refractivity contribution in [2.45, 2.75) is 18.4 Å². The van der Waals surface area contributed by atoms with Gasteiger partial charge in [0.1, 0.15) is 11.4 Å². The number of carbonyl (C=O) groups excluding carboxylic acids is 1. The highest BCUT2D eigenvalue weighted by molar-refractivity contribution is 5.94. The first-order chi connectivity index (χ1) is 12.0. The maximum absolute atomic E-state index is 13.6. The van der Waals surface area contributed by atoms with Gasteiger partial charge in [-0.15, -0.1) is 0 Å². The number of nitrogens with zero attached hydrogens (tertiary/aromatic N) is 3. The highest BCUT2D eigenvalue weighted by Gasteiger charge is 2.37. The van der Waals surface area contributed by atoms with Crippen LogP contribution in [0.25, 0.3) is 0 Å². The zero-order valence-corrected chi connectivity index (χ0v) is 14.1. The lowest BCUT2D eigenvalue weighted by Crippen LogP contribution is -2.53. The third-order valence-corrected chi connectivity index (χ3v) is 4.64. The third kappa shape index (κ3) is 4.34. The molecule has 134 valence electrons. The third-order valence-electron chi connectivity index (χ3n) is 4.64. The number of aliphatic hydroxyl groups is 1. The summed E-state index contributed by atoms with van der Waals surface area (Å²) < 4.78 is 19.2. The number of hydrogen-bond acceptors (Lipinski definition) is 5. The summed E-state index contributed by atoms with van der Waals surface area (Å²) in [6.07, 6.45) is 2.22. The molecule has 7 heteroatoms. The van der Waals surface area contributed by atoms with Gasteiger partial charge in [-0.3, -0.25) is 4.79 Å². The molecule has 2 saturated heterocycles. The Morgan fingerprint density at radius 1 is 1.32 bits per heavy atom. The monoisotopic (exact) mass is 347 g/mol. The molecule has 0 unspecified atom stereocenters. The van der Waals surface area contributed by atoms with E-state index in [1.807, 2.05) is 6.07 Å². The van der Waals surface area contributed by atoms with Crippen molar-refractivity contribution in [3.05, 3.63) is 35.1 Å². The van der Waals surface area contributed by atoms with Crippen molar-refractivity contribution in [1.29, 1.82) is 5.26 Å². The molecule has 0 bridgehead atoms. The Kier molecular flexibility index (Phi) is 5.33. The lowest BCUT2D eigenvalue weighted by atomic mass is 10.0. The van der Waals surface area contributed by atoms with Crippen molar-refractivity contribution in [2.24, 2.45) is 0 Å². The van der Waals surface area contributed by atoms with Crippen molar-refractivity contribution in [1.82, 2.24) is 9.80 Å². The molecule has 0 aromatic heterocycles. The molecule has 2 aliphatic rings. The first-order valence-electron chi connectivity index (χ1n) is 8.52. The van der Waals surface area contributed by atoms with E-state index in [1.165, 1.54) is 11.0 Å². The van der Waals surface area contributed by atoms with Gasteiger partial charge in [0, 0.05) is 18.7 Å². The van der Waals surface area contributed by atoms with E-state index in [2.05, 4.69) is 4.90 Å². The van der Waals surface area contributed by atoms with E-state index in [0.29, 0.717) is 19.7 Å². The second-order valence-corrected chi connectivity index (χ2v) is 6.83. The van der Waals surface area contributed by atoms with Gasteiger partial charge in [-0.1, -0.05) is 0 Å². The molecule has 2 fully saturated rings. The van der Waals surface area contributed by atoms with Crippen LogP contribution in [0.2, 0.25) is 0 Å². The molecule has 0 spiro atoms. The molecule has 6 nitrogen and oxygen atoms in total. The number of benzene rings is 1. The number of rotatable bonds is 3. The zero-order valence-electron chi connectivity index (χ0n) is 14.1. The Morgan fingerprint density at radius 2 is 2.08 bits per heavy atom. The molecular weight excluding hydrogens is 325 g/mol. The molecule has 1 aromatic carbocycles. The van der Waals surface area contributed by atoms with Gasteiger partial charge < -0.3 is 19.6 Å². The first kappa shape index (κ1) is 17.8. The lowest BCUT2D eigenvalue weighted by Gasteiger charge is -2.34. The normalized spacial score (nSPS) is 24.8. The largest absolute Gasteiger partial charge is 0.384 e. The number of β-amino-alcohol motifs (C(OH)–C–C–N with tert-alkyl or cyclic N) is 1. The Morgan fingerprint density at radius 3 is 2.80 bits per heavy atom. The van der Waals surface area contributed by atoms with Gasteiger partial charge >= 0.3 is 0 Å². The van der Waals surface area contributed by atoms with Crippen molar-refractivity contribution in [3.63, 3.8) is 0 Å². The van der Waals surface area contributed by atoms with Gasteiger partial charge in [0.25, 0.3) is 5.91 Å². The van der Waals surface area contributed by atoms with E-state index >= 15 is 0 Å². The van der Waals surface area contributed by atoms with Crippen LogP contribution in [0.5, 0.6) is 0 Å². The van der Waals surface area contributed by atoms with Crippen LogP contribution in [0.4, 0.5) is 4.39 Å². The number of ether oxygens (including phenoxy) is 1. The minimum atomic E-state index is -1.15. The molecule has 1 amide bonds. The average molecular weight is 347 g/mol. The molecule has 1 atom stereocenters. The number of carbonyl (C=O) groups is 1. The second-order valence-electron chi connectivity index (χ2n) is 6.83. The number of halogens is 1. The van der Waals surface area contributed by atoms with E-state index < -0.39 is 17.3 Å². The Labute approximate surface area is 146 Å². The number of hydrogen-bond donors (Lipinski definition) is 1. The van der Waals surface area contributed by atoms with E-state index in [1.54, 1.807) is 0 Å². The molecule has 2 aliphatic heterocycles. The molecule has 0 saturated carbocycles. The van der Waals surface area contributed by atoms with Crippen LogP contribution >= 0.6 is 0 Å². The van der Waals surface area contributed by atoms with Crippen molar-refractivity contribution >= 4 is 5.91 Å². The summed E-state index contributed by atoms with van der Waals surface area (Å²) in [4.78, 5) is 16.4.